The van der Waals surface area contributed by atoms with Gasteiger partial charge in [-0.2, -0.15) is 0 Å². The van der Waals surface area contributed by atoms with Crippen molar-refractivity contribution in [1.29, 1.82) is 0 Å². The molecule has 2 aromatic rings. The number of para-hydroxylation sites is 1. The zero-order valence-corrected chi connectivity index (χ0v) is 15.9. The lowest BCUT2D eigenvalue weighted by Gasteiger charge is -2.14. The molecule has 0 radical (unpaired) electrons. The van der Waals surface area contributed by atoms with Gasteiger partial charge in [0.2, 0.25) is 0 Å². The van der Waals surface area contributed by atoms with Crippen molar-refractivity contribution in [1.82, 2.24) is 5.32 Å². The standard InChI is InChI=1S/C20H26FN3O3/c1-14(27-17-7-5-4-6-16(17)21)13-24-20(22)23-11-10-15-8-9-18(25-2)19(12-15)26-3/h4-9,12,14H,10-11,13H2,1-3H3,(H3,22,23,24). The van der Waals surface area contributed by atoms with Crippen LogP contribution in [0.1, 0.15) is 12.5 Å². The molecule has 0 saturated heterocycles. The van der Waals surface area contributed by atoms with Crippen molar-refractivity contribution < 1.29 is 18.6 Å². The quantitative estimate of drug-likeness (QED) is 0.521. The third-order valence-electron chi connectivity index (χ3n) is 3.85. The molecular weight excluding hydrogens is 349 g/mol. The van der Waals surface area contributed by atoms with Crippen LogP contribution in [0, 0.1) is 5.82 Å². The summed E-state index contributed by atoms with van der Waals surface area (Å²) >= 11 is 0. The smallest absolute Gasteiger partial charge is 0.188 e. The normalized spacial score (nSPS) is 12.4. The number of aliphatic imine (C=N–C) groups is 1. The van der Waals surface area contributed by atoms with Crippen LogP contribution in [0.15, 0.2) is 47.5 Å². The van der Waals surface area contributed by atoms with Crippen molar-refractivity contribution in [3.63, 3.8) is 0 Å². The number of halogens is 1. The molecule has 27 heavy (non-hydrogen) atoms. The maximum Gasteiger partial charge on any atom is 0.188 e. The molecule has 0 amide bonds. The van der Waals surface area contributed by atoms with E-state index in [1.807, 2.05) is 25.1 Å². The molecule has 0 fully saturated rings. The molecule has 146 valence electrons. The monoisotopic (exact) mass is 375 g/mol. The highest BCUT2D eigenvalue weighted by Gasteiger charge is 2.08. The lowest BCUT2D eigenvalue weighted by Crippen LogP contribution is -2.34. The number of nitrogens with two attached hydrogens (primary N) is 1. The third-order valence-corrected chi connectivity index (χ3v) is 3.85. The molecule has 2 aromatic carbocycles. The molecule has 0 aromatic heterocycles. The highest BCUT2D eigenvalue weighted by Crippen LogP contribution is 2.27. The van der Waals surface area contributed by atoms with E-state index in [0.717, 1.165) is 12.0 Å². The van der Waals surface area contributed by atoms with Gasteiger partial charge in [0.1, 0.15) is 6.10 Å². The van der Waals surface area contributed by atoms with Crippen molar-refractivity contribution in [2.45, 2.75) is 19.4 Å². The van der Waals surface area contributed by atoms with Crippen LogP contribution in [0.2, 0.25) is 0 Å². The number of guanidine groups is 1. The van der Waals surface area contributed by atoms with Gasteiger partial charge in [-0.25, -0.2) is 9.38 Å². The second kappa shape index (κ2) is 10.3. The Hall–Kier alpha value is -2.96. The number of nitrogens with one attached hydrogen (secondary N) is 1. The Bertz CT molecular complexity index is 768. The van der Waals surface area contributed by atoms with Crippen LogP contribution in [0.3, 0.4) is 0 Å². The fourth-order valence-corrected chi connectivity index (χ4v) is 2.45. The summed E-state index contributed by atoms with van der Waals surface area (Å²) in [5.74, 6) is 1.52. The number of benzene rings is 2. The zero-order valence-electron chi connectivity index (χ0n) is 15.9. The molecule has 0 heterocycles. The number of hydrogen-bond acceptors (Lipinski definition) is 4. The Morgan fingerprint density at radius 3 is 2.56 bits per heavy atom. The van der Waals surface area contributed by atoms with E-state index in [1.54, 1.807) is 32.4 Å². The van der Waals surface area contributed by atoms with Gasteiger partial charge in [0, 0.05) is 6.54 Å². The summed E-state index contributed by atoms with van der Waals surface area (Å²) in [6.45, 7) is 2.75. The number of nitrogens with zero attached hydrogens (tertiary/aromatic N) is 1. The molecule has 6 nitrogen and oxygen atoms in total. The number of hydrogen-bond donors (Lipinski definition) is 2. The van der Waals surface area contributed by atoms with Crippen molar-refractivity contribution >= 4 is 5.96 Å². The summed E-state index contributed by atoms with van der Waals surface area (Å²) < 4.78 is 29.6. The maximum atomic E-state index is 13.6. The van der Waals surface area contributed by atoms with Crippen LogP contribution in [-0.4, -0.2) is 39.4 Å². The van der Waals surface area contributed by atoms with Crippen LogP contribution in [0.4, 0.5) is 4.39 Å². The number of rotatable bonds is 9. The average Bonchev–Trinajstić information content (AvgIpc) is 2.68. The van der Waals surface area contributed by atoms with E-state index >= 15 is 0 Å². The fourth-order valence-electron chi connectivity index (χ4n) is 2.45. The second-order valence-corrected chi connectivity index (χ2v) is 5.95. The van der Waals surface area contributed by atoms with Crippen molar-refractivity contribution in [3.05, 3.63) is 53.8 Å². The summed E-state index contributed by atoms with van der Waals surface area (Å²) in [7, 11) is 3.21. The molecule has 0 saturated carbocycles. The van der Waals surface area contributed by atoms with Gasteiger partial charge < -0.3 is 25.3 Å². The van der Waals surface area contributed by atoms with E-state index < -0.39 is 5.82 Å². The van der Waals surface area contributed by atoms with E-state index in [2.05, 4.69) is 10.3 Å². The van der Waals surface area contributed by atoms with E-state index in [-0.39, 0.29) is 11.9 Å². The van der Waals surface area contributed by atoms with E-state index in [4.69, 9.17) is 19.9 Å². The molecular formula is C20H26FN3O3. The van der Waals surface area contributed by atoms with E-state index in [1.165, 1.54) is 6.07 Å². The molecule has 3 N–H and O–H groups in total. The number of methoxy groups -OCH3 is 2. The largest absolute Gasteiger partial charge is 0.493 e. The number of ether oxygens (including phenoxy) is 3. The Labute approximate surface area is 159 Å². The Balaban J connectivity index is 1.78. The second-order valence-electron chi connectivity index (χ2n) is 5.95. The first kappa shape index (κ1) is 20.4. The van der Waals surface area contributed by atoms with Crippen molar-refractivity contribution in [2.24, 2.45) is 10.7 Å². The lowest BCUT2D eigenvalue weighted by molar-refractivity contribution is 0.220. The summed E-state index contributed by atoms with van der Waals surface area (Å²) in [5, 5.41) is 3.05. The van der Waals surface area contributed by atoms with Crippen LogP contribution < -0.4 is 25.3 Å². The van der Waals surface area contributed by atoms with Gasteiger partial charge in [0.05, 0.1) is 20.8 Å². The first-order valence-electron chi connectivity index (χ1n) is 8.69. The highest BCUT2D eigenvalue weighted by atomic mass is 19.1. The molecule has 1 atom stereocenters. The first-order chi connectivity index (χ1) is 13.0. The van der Waals surface area contributed by atoms with Crippen LogP contribution in [0.25, 0.3) is 0 Å². The van der Waals surface area contributed by atoms with Gasteiger partial charge in [-0.05, 0) is 43.2 Å². The van der Waals surface area contributed by atoms with Gasteiger partial charge >= 0.3 is 0 Å². The van der Waals surface area contributed by atoms with Crippen LogP contribution >= 0.6 is 0 Å². The molecule has 0 aliphatic carbocycles. The SMILES string of the molecule is COc1ccc(CCNC(N)=NCC(C)Oc2ccccc2F)cc1OC. The molecule has 2 rings (SSSR count). The summed E-state index contributed by atoms with van der Waals surface area (Å²) in [6.07, 6.45) is 0.450. The molecule has 1 unspecified atom stereocenters. The van der Waals surface area contributed by atoms with Crippen molar-refractivity contribution in [2.75, 3.05) is 27.3 Å². The Kier molecular flexibility index (Phi) is 7.73. The topological polar surface area (TPSA) is 78.1 Å². The predicted molar refractivity (Wildman–Crippen MR) is 104 cm³/mol. The van der Waals surface area contributed by atoms with Gasteiger partial charge in [-0.3, -0.25) is 0 Å². The van der Waals surface area contributed by atoms with Crippen LogP contribution in [0.5, 0.6) is 17.2 Å². The summed E-state index contributed by atoms with van der Waals surface area (Å²) in [5.41, 5.74) is 6.96. The highest BCUT2D eigenvalue weighted by molar-refractivity contribution is 5.77. The lowest BCUT2D eigenvalue weighted by atomic mass is 10.1. The molecule has 0 aliphatic rings. The molecule has 7 heteroatoms. The van der Waals surface area contributed by atoms with Gasteiger partial charge in [0.15, 0.2) is 29.0 Å². The Morgan fingerprint density at radius 1 is 1.11 bits per heavy atom. The summed E-state index contributed by atoms with van der Waals surface area (Å²) in [6, 6.07) is 12.0. The molecule has 0 bridgehead atoms. The first-order valence-corrected chi connectivity index (χ1v) is 8.69. The van der Waals surface area contributed by atoms with E-state index in [0.29, 0.717) is 30.5 Å². The zero-order chi connectivity index (χ0) is 19.6. The van der Waals surface area contributed by atoms with Gasteiger partial charge in [-0.1, -0.05) is 18.2 Å². The van der Waals surface area contributed by atoms with Gasteiger partial charge in [0.25, 0.3) is 0 Å². The van der Waals surface area contributed by atoms with E-state index in [9.17, 15) is 4.39 Å². The average molecular weight is 375 g/mol. The predicted octanol–water partition coefficient (Wildman–Crippen LogP) is 2.76. The maximum absolute atomic E-state index is 13.6. The fraction of sp³-hybridized carbons (Fsp3) is 0.350. The van der Waals surface area contributed by atoms with Gasteiger partial charge in [-0.15, -0.1) is 0 Å². The van der Waals surface area contributed by atoms with Crippen molar-refractivity contribution in [3.8, 4) is 17.2 Å². The summed E-state index contributed by atoms with van der Waals surface area (Å²) in [4.78, 5) is 4.23. The molecule has 0 aliphatic heterocycles. The van der Waals surface area contributed by atoms with Crippen LogP contribution in [-0.2, 0) is 6.42 Å². The Morgan fingerprint density at radius 2 is 1.85 bits per heavy atom. The third kappa shape index (κ3) is 6.36. The minimum absolute atomic E-state index is 0.209. The minimum Gasteiger partial charge on any atom is -0.493 e. The molecule has 0 spiro atoms. The minimum atomic E-state index is -0.394.